The lowest BCUT2D eigenvalue weighted by Crippen LogP contribution is -2.76. The molecule has 2 aromatic carbocycles. The summed E-state index contributed by atoms with van der Waals surface area (Å²) in [5, 5.41) is 6.25. The maximum Gasteiger partial charge on any atom is 0.334 e. The molecule has 0 bridgehead atoms. The SMILES string of the molecule is CC(CN1C[C@H]2N(C(=O)CN(C)N2C(=O)NCc2ccccc2)[C@@H](C(C)C)C1=O)c1ccccc1. The van der Waals surface area contributed by atoms with Crippen LogP contribution in [0.5, 0.6) is 0 Å². The molecule has 2 heterocycles. The molecule has 2 aliphatic rings. The number of fused-ring (bicyclic) bond motifs is 1. The van der Waals surface area contributed by atoms with Crippen LogP contribution in [0.2, 0.25) is 0 Å². The fourth-order valence-electron chi connectivity index (χ4n) is 5.10. The van der Waals surface area contributed by atoms with Crippen LogP contribution in [-0.4, -0.2) is 76.6 Å². The quantitative estimate of drug-likeness (QED) is 0.694. The van der Waals surface area contributed by atoms with Gasteiger partial charge in [0.05, 0.1) is 13.1 Å². The standard InChI is InChI=1S/C27H35N5O3/c1-19(2)25-26(34)30(16-20(3)22-13-9-6-10-14-22)17-23-31(25)24(33)18-29(4)32(23)27(35)28-15-21-11-7-5-8-12-21/h5-14,19-20,23,25H,15-18H2,1-4H3,(H,28,35)/t20?,23-,25-/m0/s1. The van der Waals surface area contributed by atoms with Crippen LogP contribution in [0, 0.1) is 5.92 Å². The Labute approximate surface area is 207 Å². The van der Waals surface area contributed by atoms with Crippen molar-refractivity contribution >= 4 is 17.8 Å². The third-order valence-electron chi connectivity index (χ3n) is 6.86. The molecule has 4 rings (SSSR count). The van der Waals surface area contributed by atoms with Crippen molar-refractivity contribution in [1.82, 2.24) is 25.1 Å². The van der Waals surface area contributed by atoms with Gasteiger partial charge < -0.3 is 15.1 Å². The average Bonchev–Trinajstić information content (AvgIpc) is 2.84. The van der Waals surface area contributed by atoms with Crippen LogP contribution in [0.1, 0.15) is 37.8 Å². The van der Waals surface area contributed by atoms with Crippen LogP contribution in [0.4, 0.5) is 4.79 Å². The summed E-state index contributed by atoms with van der Waals surface area (Å²) in [6, 6.07) is 18.9. The highest BCUT2D eigenvalue weighted by Crippen LogP contribution is 2.30. The summed E-state index contributed by atoms with van der Waals surface area (Å²) in [4.78, 5) is 43.6. The van der Waals surface area contributed by atoms with Crippen molar-refractivity contribution in [3.8, 4) is 0 Å². The lowest BCUT2D eigenvalue weighted by Gasteiger charge is -2.55. The van der Waals surface area contributed by atoms with E-state index in [1.807, 2.05) is 67.3 Å². The van der Waals surface area contributed by atoms with E-state index in [0.717, 1.165) is 11.1 Å². The molecule has 2 aliphatic heterocycles. The molecule has 8 heteroatoms. The van der Waals surface area contributed by atoms with Gasteiger partial charge in [0, 0.05) is 20.1 Å². The Kier molecular flexibility index (Phi) is 7.40. The Balaban J connectivity index is 1.59. The van der Waals surface area contributed by atoms with Gasteiger partial charge in [0.25, 0.3) is 0 Å². The summed E-state index contributed by atoms with van der Waals surface area (Å²) in [5.41, 5.74) is 2.14. The van der Waals surface area contributed by atoms with Gasteiger partial charge in [-0.05, 0) is 23.0 Å². The maximum absolute atomic E-state index is 13.6. The van der Waals surface area contributed by atoms with Gasteiger partial charge >= 0.3 is 6.03 Å². The van der Waals surface area contributed by atoms with E-state index in [1.165, 1.54) is 0 Å². The van der Waals surface area contributed by atoms with Gasteiger partial charge in [0.2, 0.25) is 11.8 Å². The van der Waals surface area contributed by atoms with Crippen LogP contribution < -0.4 is 5.32 Å². The highest BCUT2D eigenvalue weighted by Gasteiger charge is 2.51. The van der Waals surface area contributed by atoms with Crippen molar-refractivity contribution in [2.45, 2.75) is 45.4 Å². The van der Waals surface area contributed by atoms with Gasteiger partial charge in [0.15, 0.2) is 0 Å². The van der Waals surface area contributed by atoms with Gasteiger partial charge in [-0.1, -0.05) is 81.4 Å². The molecule has 35 heavy (non-hydrogen) atoms. The number of urea groups is 1. The van der Waals surface area contributed by atoms with E-state index in [4.69, 9.17) is 0 Å². The molecule has 0 aliphatic carbocycles. The summed E-state index contributed by atoms with van der Waals surface area (Å²) >= 11 is 0. The van der Waals surface area contributed by atoms with Crippen LogP contribution in [0.15, 0.2) is 60.7 Å². The first-order valence-electron chi connectivity index (χ1n) is 12.2. The number of likely N-dealkylation sites (N-methyl/N-ethyl adjacent to an activating group) is 1. The molecule has 0 spiro atoms. The monoisotopic (exact) mass is 477 g/mol. The number of nitrogens with one attached hydrogen (secondary N) is 1. The molecule has 1 unspecified atom stereocenters. The molecule has 0 saturated carbocycles. The summed E-state index contributed by atoms with van der Waals surface area (Å²) in [6.45, 7) is 7.23. The van der Waals surface area contributed by atoms with Crippen molar-refractivity contribution in [2.75, 3.05) is 26.7 Å². The first-order chi connectivity index (χ1) is 16.8. The fraction of sp³-hybridized carbons (Fsp3) is 0.444. The molecule has 1 N–H and O–H groups in total. The van der Waals surface area contributed by atoms with Gasteiger partial charge in [-0.15, -0.1) is 0 Å². The molecule has 2 fully saturated rings. The second-order valence-corrected chi connectivity index (χ2v) is 9.83. The van der Waals surface area contributed by atoms with E-state index in [1.54, 1.807) is 22.0 Å². The van der Waals surface area contributed by atoms with Crippen molar-refractivity contribution in [1.29, 1.82) is 0 Å². The highest BCUT2D eigenvalue weighted by atomic mass is 16.2. The number of hydrogen-bond acceptors (Lipinski definition) is 4. The zero-order valence-corrected chi connectivity index (χ0v) is 20.9. The molecule has 3 atom stereocenters. The minimum Gasteiger partial charge on any atom is -0.336 e. The lowest BCUT2D eigenvalue weighted by molar-refractivity contribution is -0.190. The van der Waals surface area contributed by atoms with Crippen LogP contribution in [0.3, 0.4) is 0 Å². The number of hydrogen-bond donors (Lipinski definition) is 1. The lowest BCUT2D eigenvalue weighted by atomic mass is 9.94. The number of nitrogens with zero attached hydrogens (tertiary/aromatic N) is 4. The number of benzene rings is 2. The molecule has 4 amide bonds. The van der Waals surface area contributed by atoms with Gasteiger partial charge in [0.1, 0.15) is 12.2 Å². The molecule has 8 nitrogen and oxygen atoms in total. The summed E-state index contributed by atoms with van der Waals surface area (Å²) in [6.07, 6.45) is -0.565. The molecule has 0 radical (unpaired) electrons. The van der Waals surface area contributed by atoms with Crippen molar-refractivity contribution in [3.63, 3.8) is 0 Å². The number of rotatable bonds is 6. The Hall–Kier alpha value is -3.39. The van der Waals surface area contributed by atoms with Crippen LogP contribution in [-0.2, 0) is 16.1 Å². The predicted molar refractivity (Wildman–Crippen MR) is 134 cm³/mol. The number of amides is 4. The smallest absolute Gasteiger partial charge is 0.334 e. The zero-order chi connectivity index (χ0) is 25.1. The Morgan fingerprint density at radius 2 is 1.63 bits per heavy atom. The van der Waals surface area contributed by atoms with E-state index in [9.17, 15) is 14.4 Å². The van der Waals surface area contributed by atoms with Crippen molar-refractivity contribution in [2.24, 2.45) is 5.92 Å². The summed E-state index contributed by atoms with van der Waals surface area (Å²) < 4.78 is 0. The molecule has 186 valence electrons. The van der Waals surface area contributed by atoms with E-state index in [0.29, 0.717) is 13.1 Å². The number of carbonyl (C=O) groups is 3. The Morgan fingerprint density at radius 1 is 1.00 bits per heavy atom. The van der Waals surface area contributed by atoms with E-state index >= 15 is 0 Å². The van der Waals surface area contributed by atoms with Gasteiger partial charge in [-0.2, -0.15) is 0 Å². The topological polar surface area (TPSA) is 76.2 Å². The first kappa shape index (κ1) is 24.7. The average molecular weight is 478 g/mol. The molecular weight excluding hydrogens is 442 g/mol. The van der Waals surface area contributed by atoms with Gasteiger partial charge in [-0.25, -0.2) is 14.8 Å². The molecule has 2 saturated heterocycles. The molecule has 2 aromatic rings. The largest absolute Gasteiger partial charge is 0.336 e. The van der Waals surface area contributed by atoms with Crippen LogP contribution in [0.25, 0.3) is 0 Å². The summed E-state index contributed by atoms with van der Waals surface area (Å²) in [7, 11) is 1.75. The predicted octanol–water partition coefficient (Wildman–Crippen LogP) is 2.88. The minimum absolute atomic E-state index is 0.0478. The number of piperazine rings is 1. The maximum atomic E-state index is 13.6. The van der Waals surface area contributed by atoms with E-state index in [2.05, 4.69) is 24.4 Å². The second-order valence-electron chi connectivity index (χ2n) is 9.83. The third-order valence-corrected chi connectivity index (χ3v) is 6.86. The zero-order valence-electron chi connectivity index (χ0n) is 20.9. The number of carbonyl (C=O) groups excluding carboxylic acids is 3. The summed E-state index contributed by atoms with van der Waals surface area (Å²) in [5.74, 6) is -0.146. The first-order valence-corrected chi connectivity index (χ1v) is 12.2. The molecule has 0 aromatic heterocycles. The second kappa shape index (κ2) is 10.5. The van der Waals surface area contributed by atoms with E-state index < -0.39 is 12.2 Å². The van der Waals surface area contributed by atoms with Crippen molar-refractivity contribution in [3.05, 3.63) is 71.8 Å². The number of hydrazine groups is 1. The normalized spacial score (nSPS) is 21.8. The van der Waals surface area contributed by atoms with Crippen LogP contribution >= 0.6 is 0 Å². The molecular formula is C27H35N5O3. The van der Waals surface area contributed by atoms with Gasteiger partial charge in [-0.3, -0.25) is 9.59 Å². The Morgan fingerprint density at radius 3 is 2.26 bits per heavy atom. The van der Waals surface area contributed by atoms with E-state index in [-0.39, 0.29) is 42.8 Å². The minimum atomic E-state index is -0.609. The highest BCUT2D eigenvalue weighted by molar-refractivity contribution is 5.91. The fourth-order valence-corrected chi connectivity index (χ4v) is 5.10. The van der Waals surface area contributed by atoms with Crippen molar-refractivity contribution < 1.29 is 14.4 Å². The third kappa shape index (κ3) is 5.17. The Bertz CT molecular complexity index is 1050.